The third-order valence-electron chi connectivity index (χ3n) is 2.69. The zero-order chi connectivity index (χ0) is 14.0. The van der Waals surface area contributed by atoms with Crippen LogP contribution < -0.4 is 14.8 Å². The van der Waals surface area contributed by atoms with E-state index in [2.05, 4.69) is 5.32 Å². The number of benzene rings is 1. The van der Waals surface area contributed by atoms with Gasteiger partial charge in [-0.05, 0) is 38.5 Å². The highest BCUT2D eigenvalue weighted by molar-refractivity contribution is 5.74. The Balaban J connectivity index is 1.99. The molecule has 1 aliphatic rings. The van der Waals surface area contributed by atoms with Crippen molar-refractivity contribution in [2.45, 2.75) is 32.9 Å². The number of amides is 2. The molecular formula is C14H20N2O3. The minimum Gasteiger partial charge on any atom is -0.454 e. The predicted molar refractivity (Wildman–Crippen MR) is 72.3 cm³/mol. The lowest BCUT2D eigenvalue weighted by molar-refractivity contribution is 0.174. The number of rotatable bonds is 2. The monoisotopic (exact) mass is 264 g/mol. The van der Waals surface area contributed by atoms with Gasteiger partial charge in [-0.15, -0.1) is 0 Å². The molecular weight excluding hydrogens is 244 g/mol. The molecule has 1 N–H and O–H groups in total. The highest BCUT2D eigenvalue weighted by Crippen LogP contribution is 2.32. The van der Waals surface area contributed by atoms with Crippen molar-refractivity contribution in [2.24, 2.45) is 0 Å². The van der Waals surface area contributed by atoms with Crippen LogP contribution in [0.5, 0.6) is 11.5 Å². The minimum atomic E-state index is -0.236. The van der Waals surface area contributed by atoms with Crippen LogP contribution in [-0.4, -0.2) is 30.3 Å². The van der Waals surface area contributed by atoms with Crippen LogP contribution in [0.15, 0.2) is 18.2 Å². The molecule has 0 saturated heterocycles. The van der Waals surface area contributed by atoms with Crippen molar-refractivity contribution >= 4 is 6.03 Å². The highest BCUT2D eigenvalue weighted by atomic mass is 16.7. The molecule has 2 amide bonds. The van der Waals surface area contributed by atoms with E-state index in [1.54, 1.807) is 11.9 Å². The molecule has 0 aromatic heterocycles. The number of urea groups is 1. The van der Waals surface area contributed by atoms with Crippen LogP contribution in [0, 0.1) is 0 Å². The van der Waals surface area contributed by atoms with Gasteiger partial charge in [0, 0.05) is 19.1 Å². The highest BCUT2D eigenvalue weighted by Gasteiger charge is 2.18. The molecule has 0 spiro atoms. The predicted octanol–water partition coefficient (Wildman–Crippen LogP) is 2.36. The quantitative estimate of drug-likeness (QED) is 0.892. The average Bonchev–Trinajstić information content (AvgIpc) is 2.73. The summed E-state index contributed by atoms with van der Waals surface area (Å²) in [6.07, 6.45) is 0. The van der Waals surface area contributed by atoms with Crippen LogP contribution in [0.1, 0.15) is 26.3 Å². The Morgan fingerprint density at radius 3 is 2.68 bits per heavy atom. The number of ether oxygens (including phenoxy) is 2. The van der Waals surface area contributed by atoms with Gasteiger partial charge in [-0.25, -0.2) is 4.79 Å². The number of hydrogen-bond acceptors (Lipinski definition) is 3. The Bertz CT molecular complexity index is 480. The van der Waals surface area contributed by atoms with Crippen molar-refractivity contribution in [3.63, 3.8) is 0 Å². The lowest BCUT2D eigenvalue weighted by atomic mass is 10.1. The molecule has 0 atom stereocenters. The minimum absolute atomic E-state index is 0.0924. The Labute approximate surface area is 113 Å². The van der Waals surface area contributed by atoms with Crippen molar-refractivity contribution in [1.82, 2.24) is 10.2 Å². The van der Waals surface area contributed by atoms with E-state index in [9.17, 15) is 4.79 Å². The van der Waals surface area contributed by atoms with Crippen molar-refractivity contribution < 1.29 is 14.3 Å². The topological polar surface area (TPSA) is 50.8 Å². The summed E-state index contributed by atoms with van der Waals surface area (Å²) in [4.78, 5) is 13.6. The van der Waals surface area contributed by atoms with Gasteiger partial charge in [0.25, 0.3) is 0 Å². The maximum atomic E-state index is 12.0. The van der Waals surface area contributed by atoms with Crippen molar-refractivity contribution in [3.05, 3.63) is 23.8 Å². The summed E-state index contributed by atoms with van der Waals surface area (Å²) >= 11 is 0. The van der Waals surface area contributed by atoms with Gasteiger partial charge in [-0.3, -0.25) is 0 Å². The molecule has 0 aliphatic carbocycles. The van der Waals surface area contributed by atoms with Gasteiger partial charge < -0.3 is 19.7 Å². The summed E-state index contributed by atoms with van der Waals surface area (Å²) in [5, 5.41) is 2.92. The van der Waals surface area contributed by atoms with E-state index in [0.717, 1.165) is 17.1 Å². The fourth-order valence-corrected chi connectivity index (χ4v) is 1.80. The average molecular weight is 264 g/mol. The smallest absolute Gasteiger partial charge is 0.317 e. The molecule has 1 heterocycles. The van der Waals surface area contributed by atoms with Crippen LogP contribution in [0.4, 0.5) is 4.79 Å². The molecule has 5 heteroatoms. The van der Waals surface area contributed by atoms with E-state index in [1.807, 2.05) is 39.0 Å². The largest absolute Gasteiger partial charge is 0.454 e. The standard InChI is InChI=1S/C14H20N2O3/c1-14(2,3)15-13(17)16(4)8-10-5-6-11-12(7-10)19-9-18-11/h5-7H,8-9H2,1-4H3,(H,15,17). The second-order valence-electron chi connectivity index (χ2n) is 5.72. The van der Waals surface area contributed by atoms with Crippen LogP contribution in [0.2, 0.25) is 0 Å². The van der Waals surface area contributed by atoms with Crippen molar-refractivity contribution in [1.29, 1.82) is 0 Å². The number of fused-ring (bicyclic) bond motifs is 1. The Kier molecular flexibility index (Phi) is 3.55. The van der Waals surface area contributed by atoms with Gasteiger partial charge in [-0.1, -0.05) is 6.07 Å². The van der Waals surface area contributed by atoms with E-state index in [-0.39, 0.29) is 18.4 Å². The maximum Gasteiger partial charge on any atom is 0.317 e. The molecule has 2 rings (SSSR count). The van der Waals surface area contributed by atoms with Gasteiger partial charge >= 0.3 is 6.03 Å². The number of carbonyl (C=O) groups excluding carboxylic acids is 1. The number of nitrogens with zero attached hydrogens (tertiary/aromatic N) is 1. The van der Waals surface area contributed by atoms with E-state index in [1.165, 1.54) is 0 Å². The molecule has 5 nitrogen and oxygen atoms in total. The van der Waals surface area contributed by atoms with Crippen LogP contribution >= 0.6 is 0 Å². The van der Waals surface area contributed by atoms with Crippen molar-refractivity contribution in [3.8, 4) is 11.5 Å². The first-order valence-electron chi connectivity index (χ1n) is 6.27. The molecule has 0 fully saturated rings. The first kappa shape index (κ1) is 13.5. The molecule has 104 valence electrons. The Morgan fingerprint density at radius 1 is 1.32 bits per heavy atom. The van der Waals surface area contributed by atoms with Crippen molar-refractivity contribution in [2.75, 3.05) is 13.8 Å². The second kappa shape index (κ2) is 4.99. The first-order chi connectivity index (χ1) is 8.85. The Hall–Kier alpha value is -1.91. The van der Waals surface area contributed by atoms with E-state index >= 15 is 0 Å². The molecule has 1 aromatic rings. The second-order valence-corrected chi connectivity index (χ2v) is 5.72. The normalized spacial score (nSPS) is 13.3. The summed E-state index contributed by atoms with van der Waals surface area (Å²) in [6.45, 7) is 6.66. The van der Waals surface area contributed by atoms with E-state index in [4.69, 9.17) is 9.47 Å². The third-order valence-corrected chi connectivity index (χ3v) is 2.69. The summed E-state index contributed by atoms with van der Waals surface area (Å²) in [6, 6.07) is 5.62. The number of hydrogen-bond donors (Lipinski definition) is 1. The van der Waals surface area contributed by atoms with Gasteiger partial charge in [0.05, 0.1) is 0 Å². The fourth-order valence-electron chi connectivity index (χ4n) is 1.80. The molecule has 0 unspecified atom stereocenters. The number of carbonyl (C=O) groups is 1. The van der Waals surface area contributed by atoms with Crippen LogP contribution in [0.25, 0.3) is 0 Å². The summed E-state index contributed by atoms with van der Waals surface area (Å²) in [5.41, 5.74) is 0.774. The van der Waals surface area contributed by atoms with Gasteiger partial charge in [-0.2, -0.15) is 0 Å². The lowest BCUT2D eigenvalue weighted by Gasteiger charge is -2.25. The third kappa shape index (κ3) is 3.53. The zero-order valence-electron chi connectivity index (χ0n) is 11.8. The van der Waals surface area contributed by atoms with Crippen LogP contribution in [-0.2, 0) is 6.54 Å². The van der Waals surface area contributed by atoms with E-state index in [0.29, 0.717) is 6.54 Å². The summed E-state index contributed by atoms with van der Waals surface area (Å²) in [5.74, 6) is 1.49. The fraction of sp³-hybridized carbons (Fsp3) is 0.500. The van der Waals surface area contributed by atoms with Gasteiger partial charge in [0.15, 0.2) is 11.5 Å². The van der Waals surface area contributed by atoms with Gasteiger partial charge in [0.1, 0.15) is 0 Å². The summed E-state index contributed by atoms with van der Waals surface area (Å²) in [7, 11) is 1.77. The molecule has 0 radical (unpaired) electrons. The van der Waals surface area contributed by atoms with Crippen LogP contribution in [0.3, 0.4) is 0 Å². The van der Waals surface area contributed by atoms with E-state index < -0.39 is 0 Å². The molecule has 1 aliphatic heterocycles. The Morgan fingerprint density at radius 2 is 2.00 bits per heavy atom. The molecule has 0 saturated carbocycles. The summed E-state index contributed by atoms with van der Waals surface area (Å²) < 4.78 is 10.6. The lowest BCUT2D eigenvalue weighted by Crippen LogP contribution is -2.46. The SMILES string of the molecule is CN(Cc1ccc2c(c1)OCO2)C(=O)NC(C)(C)C. The number of nitrogens with one attached hydrogen (secondary N) is 1. The first-order valence-corrected chi connectivity index (χ1v) is 6.27. The molecule has 1 aromatic carbocycles. The maximum absolute atomic E-state index is 12.0. The van der Waals surface area contributed by atoms with Gasteiger partial charge in [0.2, 0.25) is 6.79 Å². The molecule has 19 heavy (non-hydrogen) atoms. The zero-order valence-corrected chi connectivity index (χ0v) is 11.8. The molecule has 0 bridgehead atoms.